The topological polar surface area (TPSA) is 59.2 Å². The van der Waals surface area contributed by atoms with Crippen LogP contribution in [0.2, 0.25) is 0 Å². The lowest BCUT2D eigenvalue weighted by molar-refractivity contribution is 0.0631. The second-order valence-electron chi connectivity index (χ2n) is 6.56. The second kappa shape index (κ2) is 6.94. The van der Waals surface area contributed by atoms with Gasteiger partial charge in [-0.1, -0.05) is 25.1 Å². The van der Waals surface area contributed by atoms with Crippen LogP contribution in [-0.4, -0.2) is 34.0 Å². The van der Waals surface area contributed by atoms with Gasteiger partial charge in [-0.15, -0.1) is 0 Å². The molecule has 1 atom stereocenters. The first-order valence-electron chi connectivity index (χ1n) is 8.29. The third-order valence-electron chi connectivity index (χ3n) is 4.36. The van der Waals surface area contributed by atoms with Crippen molar-refractivity contribution in [2.24, 2.45) is 5.92 Å². The Balaban J connectivity index is 1.64. The number of likely N-dealkylation sites (tertiary alicyclic amines) is 1. The van der Waals surface area contributed by atoms with Crippen LogP contribution >= 0.6 is 0 Å². The van der Waals surface area contributed by atoms with Crippen molar-refractivity contribution in [2.75, 3.05) is 13.1 Å². The molecule has 0 N–H and O–H groups in total. The third-order valence-corrected chi connectivity index (χ3v) is 4.36. The van der Waals surface area contributed by atoms with E-state index in [2.05, 4.69) is 10.1 Å². The summed E-state index contributed by atoms with van der Waals surface area (Å²) in [5.74, 6) is 1.02. The van der Waals surface area contributed by atoms with Gasteiger partial charge < -0.3 is 9.42 Å². The zero-order chi connectivity index (χ0) is 16.2. The Hall–Kier alpha value is -2.17. The molecule has 1 fully saturated rings. The predicted octanol–water partition coefficient (Wildman–Crippen LogP) is 3.29. The molecule has 5 nitrogen and oxygen atoms in total. The zero-order valence-corrected chi connectivity index (χ0v) is 13.7. The number of amides is 1. The van der Waals surface area contributed by atoms with Gasteiger partial charge in [-0.25, -0.2) is 0 Å². The van der Waals surface area contributed by atoms with Crippen molar-refractivity contribution in [3.8, 4) is 0 Å². The minimum absolute atomic E-state index is 0.0462. The number of hydrogen-bond donors (Lipinski definition) is 0. The number of pyridine rings is 1. The normalized spacial score (nSPS) is 18.4. The van der Waals surface area contributed by atoms with Gasteiger partial charge in [0, 0.05) is 31.0 Å². The molecule has 0 saturated carbocycles. The summed E-state index contributed by atoms with van der Waals surface area (Å²) in [6.45, 7) is 5.62. The number of carbonyl (C=O) groups is 1. The summed E-state index contributed by atoms with van der Waals surface area (Å²) in [6.07, 6.45) is 4.89. The zero-order valence-electron chi connectivity index (χ0n) is 13.7. The average Bonchev–Trinajstić information content (AvgIpc) is 3.06. The van der Waals surface area contributed by atoms with Gasteiger partial charge in [0.1, 0.15) is 0 Å². The molecule has 0 aliphatic carbocycles. The van der Waals surface area contributed by atoms with Crippen LogP contribution in [0.5, 0.6) is 0 Å². The van der Waals surface area contributed by atoms with Gasteiger partial charge in [0.05, 0.1) is 5.69 Å². The Bertz CT molecular complexity index is 651. The van der Waals surface area contributed by atoms with E-state index in [1.807, 2.05) is 43.1 Å². The molecule has 3 heterocycles. The molecular weight excluding hydrogens is 290 g/mol. The molecule has 0 aromatic carbocycles. The summed E-state index contributed by atoms with van der Waals surface area (Å²) in [5, 5.41) is 3.99. The van der Waals surface area contributed by atoms with Gasteiger partial charge in [0.25, 0.3) is 5.91 Å². The van der Waals surface area contributed by atoms with Crippen molar-refractivity contribution >= 4 is 5.91 Å². The number of carbonyl (C=O) groups excluding carboxylic acids is 1. The van der Waals surface area contributed by atoms with E-state index in [9.17, 15) is 4.79 Å². The molecule has 0 radical (unpaired) electrons. The van der Waals surface area contributed by atoms with E-state index in [0.717, 1.165) is 43.7 Å². The minimum atomic E-state index is -0.0462. The minimum Gasteiger partial charge on any atom is -0.351 e. The maximum absolute atomic E-state index is 12.6. The maximum atomic E-state index is 12.6. The summed E-state index contributed by atoms with van der Waals surface area (Å²) < 4.78 is 5.24. The van der Waals surface area contributed by atoms with Crippen LogP contribution in [-0.2, 0) is 6.42 Å². The molecule has 1 amide bonds. The second-order valence-corrected chi connectivity index (χ2v) is 6.56. The Kier molecular flexibility index (Phi) is 4.74. The average molecular weight is 313 g/mol. The first-order valence-corrected chi connectivity index (χ1v) is 8.29. The van der Waals surface area contributed by atoms with E-state index in [1.165, 1.54) is 0 Å². The molecule has 1 saturated heterocycles. The van der Waals surface area contributed by atoms with Crippen LogP contribution in [0.15, 0.2) is 35.0 Å². The molecule has 0 spiro atoms. The SMILES string of the molecule is CC(C)c1cc(C(=O)N2CCC[C@@H](Cc3ccccn3)C2)on1. The van der Waals surface area contributed by atoms with E-state index in [-0.39, 0.29) is 11.8 Å². The highest BCUT2D eigenvalue weighted by Gasteiger charge is 2.27. The van der Waals surface area contributed by atoms with Crippen molar-refractivity contribution in [2.45, 2.75) is 39.0 Å². The smallest absolute Gasteiger partial charge is 0.292 e. The predicted molar refractivity (Wildman–Crippen MR) is 87.2 cm³/mol. The number of aromatic nitrogens is 2. The van der Waals surface area contributed by atoms with E-state index in [1.54, 1.807) is 6.07 Å². The van der Waals surface area contributed by atoms with Crippen LogP contribution in [0.3, 0.4) is 0 Å². The fourth-order valence-corrected chi connectivity index (χ4v) is 3.05. The van der Waals surface area contributed by atoms with Gasteiger partial charge in [-0.3, -0.25) is 9.78 Å². The molecule has 23 heavy (non-hydrogen) atoms. The maximum Gasteiger partial charge on any atom is 0.292 e. The molecule has 1 aliphatic heterocycles. The Morgan fingerprint density at radius 1 is 1.43 bits per heavy atom. The molecule has 1 aliphatic rings. The first-order chi connectivity index (χ1) is 11.1. The van der Waals surface area contributed by atoms with E-state index >= 15 is 0 Å². The summed E-state index contributed by atoms with van der Waals surface area (Å²) in [7, 11) is 0. The largest absolute Gasteiger partial charge is 0.351 e. The van der Waals surface area contributed by atoms with Gasteiger partial charge in [-0.05, 0) is 43.2 Å². The highest BCUT2D eigenvalue weighted by molar-refractivity contribution is 5.91. The number of rotatable bonds is 4. The van der Waals surface area contributed by atoms with Crippen LogP contribution in [0.1, 0.15) is 54.5 Å². The Morgan fingerprint density at radius 3 is 3.00 bits per heavy atom. The summed E-state index contributed by atoms with van der Waals surface area (Å²) in [4.78, 5) is 18.9. The third kappa shape index (κ3) is 3.78. The highest BCUT2D eigenvalue weighted by atomic mass is 16.5. The standard InChI is InChI=1S/C18H23N3O2/c1-13(2)16-11-17(23-20-16)18(22)21-9-5-6-14(12-21)10-15-7-3-4-8-19-15/h3-4,7-8,11,13-14H,5-6,9-10,12H2,1-2H3/t14-/m0/s1. The molecule has 2 aromatic rings. The van der Waals surface area contributed by atoms with Gasteiger partial charge in [0.15, 0.2) is 0 Å². The molecule has 0 unspecified atom stereocenters. The number of hydrogen-bond acceptors (Lipinski definition) is 4. The lowest BCUT2D eigenvalue weighted by Crippen LogP contribution is -2.40. The fourth-order valence-electron chi connectivity index (χ4n) is 3.05. The quantitative estimate of drug-likeness (QED) is 0.869. The molecule has 3 rings (SSSR count). The highest BCUT2D eigenvalue weighted by Crippen LogP contribution is 2.22. The van der Waals surface area contributed by atoms with Gasteiger partial charge in [0.2, 0.25) is 5.76 Å². The van der Waals surface area contributed by atoms with Crippen LogP contribution < -0.4 is 0 Å². The van der Waals surface area contributed by atoms with Crippen LogP contribution in [0, 0.1) is 5.92 Å². The molecule has 122 valence electrons. The van der Waals surface area contributed by atoms with Crippen molar-refractivity contribution < 1.29 is 9.32 Å². The van der Waals surface area contributed by atoms with Crippen LogP contribution in [0.25, 0.3) is 0 Å². The monoisotopic (exact) mass is 313 g/mol. The molecule has 0 bridgehead atoms. The lowest BCUT2D eigenvalue weighted by atomic mass is 9.93. The summed E-state index contributed by atoms with van der Waals surface area (Å²) in [6, 6.07) is 7.76. The lowest BCUT2D eigenvalue weighted by Gasteiger charge is -2.32. The van der Waals surface area contributed by atoms with Crippen molar-refractivity contribution in [3.05, 3.63) is 47.6 Å². The Labute approximate surface area is 136 Å². The molecular formula is C18H23N3O2. The van der Waals surface area contributed by atoms with E-state index in [4.69, 9.17) is 4.52 Å². The fraction of sp³-hybridized carbons (Fsp3) is 0.500. The van der Waals surface area contributed by atoms with E-state index < -0.39 is 0 Å². The molecule has 2 aromatic heterocycles. The van der Waals surface area contributed by atoms with Gasteiger partial charge >= 0.3 is 0 Å². The van der Waals surface area contributed by atoms with Crippen molar-refractivity contribution in [1.29, 1.82) is 0 Å². The summed E-state index contributed by atoms with van der Waals surface area (Å²) in [5.41, 5.74) is 1.92. The van der Waals surface area contributed by atoms with Crippen molar-refractivity contribution in [1.82, 2.24) is 15.0 Å². The van der Waals surface area contributed by atoms with Crippen molar-refractivity contribution in [3.63, 3.8) is 0 Å². The van der Waals surface area contributed by atoms with Gasteiger partial charge in [-0.2, -0.15) is 0 Å². The number of piperidine rings is 1. The Morgan fingerprint density at radius 2 is 2.30 bits per heavy atom. The molecule has 5 heteroatoms. The summed E-state index contributed by atoms with van der Waals surface area (Å²) >= 11 is 0. The van der Waals surface area contributed by atoms with E-state index in [0.29, 0.717) is 11.7 Å². The first kappa shape index (κ1) is 15.7. The number of nitrogens with zero attached hydrogens (tertiary/aromatic N) is 3. The van der Waals surface area contributed by atoms with Crippen LogP contribution in [0.4, 0.5) is 0 Å².